The number of anilines is 1. The van der Waals surface area contributed by atoms with Gasteiger partial charge in [0.05, 0.1) is 6.26 Å². The Hall–Kier alpha value is -1.45. The number of aromatic carboxylic acids is 1. The first-order valence-electron chi connectivity index (χ1n) is 3.94. The monoisotopic (exact) mass is 183 g/mol. The van der Waals surface area contributed by atoms with Crippen LogP contribution in [0.1, 0.15) is 36.7 Å². The van der Waals surface area contributed by atoms with Gasteiger partial charge in [0.15, 0.2) is 0 Å². The second-order valence-corrected chi connectivity index (χ2v) is 3.94. The highest BCUT2D eigenvalue weighted by Crippen LogP contribution is 2.30. The summed E-state index contributed by atoms with van der Waals surface area (Å²) in [5.74, 6) is -1.08. The van der Waals surface area contributed by atoms with Crippen molar-refractivity contribution in [3.05, 3.63) is 17.4 Å². The van der Waals surface area contributed by atoms with E-state index >= 15 is 0 Å². The van der Waals surface area contributed by atoms with E-state index in [2.05, 4.69) is 0 Å². The van der Waals surface area contributed by atoms with Gasteiger partial charge in [-0.05, 0) is 5.41 Å². The topological polar surface area (TPSA) is 76.5 Å². The average molecular weight is 183 g/mol. The van der Waals surface area contributed by atoms with Crippen molar-refractivity contribution in [3.63, 3.8) is 0 Å². The van der Waals surface area contributed by atoms with Gasteiger partial charge in [-0.1, -0.05) is 20.8 Å². The smallest absolute Gasteiger partial charge is 0.341 e. The van der Waals surface area contributed by atoms with Crippen LogP contribution in [0.15, 0.2) is 10.7 Å². The van der Waals surface area contributed by atoms with E-state index in [1.54, 1.807) is 0 Å². The Morgan fingerprint density at radius 2 is 2.08 bits per heavy atom. The Kier molecular flexibility index (Phi) is 2.07. The number of nitrogen functional groups attached to an aromatic ring is 1. The predicted molar refractivity (Wildman–Crippen MR) is 48.8 cm³/mol. The highest BCUT2D eigenvalue weighted by molar-refractivity contribution is 5.94. The number of carboxylic acid groups (broad SMARTS) is 1. The quantitative estimate of drug-likeness (QED) is 0.696. The third-order valence-corrected chi connectivity index (χ3v) is 1.84. The van der Waals surface area contributed by atoms with E-state index in [0.717, 1.165) is 0 Å². The number of furan rings is 1. The zero-order valence-corrected chi connectivity index (χ0v) is 7.92. The van der Waals surface area contributed by atoms with Gasteiger partial charge in [-0.15, -0.1) is 0 Å². The summed E-state index contributed by atoms with van der Waals surface area (Å²) < 4.78 is 4.88. The van der Waals surface area contributed by atoms with Crippen LogP contribution in [0.3, 0.4) is 0 Å². The fourth-order valence-corrected chi connectivity index (χ4v) is 1.15. The van der Waals surface area contributed by atoms with Crippen molar-refractivity contribution in [1.29, 1.82) is 0 Å². The van der Waals surface area contributed by atoms with Crippen LogP contribution in [0.5, 0.6) is 0 Å². The summed E-state index contributed by atoms with van der Waals surface area (Å²) in [7, 11) is 0. The van der Waals surface area contributed by atoms with Crippen LogP contribution in [0, 0.1) is 0 Å². The maximum atomic E-state index is 10.8. The van der Waals surface area contributed by atoms with Crippen molar-refractivity contribution < 1.29 is 14.3 Å². The second-order valence-electron chi connectivity index (χ2n) is 3.94. The Labute approximate surface area is 76.3 Å². The summed E-state index contributed by atoms with van der Waals surface area (Å²) in [6.07, 6.45) is 1.40. The van der Waals surface area contributed by atoms with Crippen molar-refractivity contribution in [3.8, 4) is 0 Å². The summed E-state index contributed by atoms with van der Waals surface area (Å²) in [6.45, 7) is 5.72. The van der Waals surface area contributed by atoms with E-state index in [1.165, 1.54) is 6.26 Å². The first-order chi connectivity index (χ1) is 5.84. The molecule has 0 fully saturated rings. The highest BCUT2D eigenvalue weighted by atomic mass is 16.4. The molecule has 1 aromatic rings. The molecule has 1 heterocycles. The van der Waals surface area contributed by atoms with Gasteiger partial charge in [0.2, 0.25) is 5.88 Å². The zero-order chi connectivity index (χ0) is 10.2. The minimum Gasteiger partial charge on any atom is -0.477 e. The lowest BCUT2D eigenvalue weighted by atomic mass is 9.86. The number of carboxylic acids is 1. The van der Waals surface area contributed by atoms with Gasteiger partial charge >= 0.3 is 5.97 Å². The molecule has 0 saturated heterocycles. The SMILES string of the molecule is CC(C)(C)c1coc(N)c1C(=O)O. The maximum absolute atomic E-state index is 10.8. The molecule has 0 aliphatic rings. The van der Waals surface area contributed by atoms with Crippen LogP contribution < -0.4 is 5.73 Å². The number of rotatable bonds is 1. The van der Waals surface area contributed by atoms with Crippen LogP contribution >= 0.6 is 0 Å². The normalized spacial score (nSPS) is 11.6. The molecule has 0 saturated carbocycles. The fraction of sp³-hybridized carbons (Fsp3) is 0.444. The zero-order valence-electron chi connectivity index (χ0n) is 7.92. The van der Waals surface area contributed by atoms with Crippen molar-refractivity contribution in [2.45, 2.75) is 26.2 Å². The molecule has 0 amide bonds. The Bertz CT molecular complexity index is 333. The molecule has 0 unspecified atom stereocenters. The minimum absolute atomic E-state index is 0.0302. The van der Waals surface area contributed by atoms with E-state index in [9.17, 15) is 4.79 Å². The molecular weight excluding hydrogens is 170 g/mol. The molecule has 1 aromatic heterocycles. The largest absolute Gasteiger partial charge is 0.477 e. The summed E-state index contributed by atoms with van der Waals surface area (Å²) in [5.41, 5.74) is 5.82. The Morgan fingerprint density at radius 1 is 1.54 bits per heavy atom. The lowest BCUT2D eigenvalue weighted by Gasteiger charge is -2.16. The number of hydrogen-bond donors (Lipinski definition) is 2. The van der Waals surface area contributed by atoms with Gasteiger partial charge in [0.1, 0.15) is 5.56 Å². The number of nitrogens with two attached hydrogens (primary N) is 1. The summed E-state index contributed by atoms with van der Waals surface area (Å²) in [4.78, 5) is 10.8. The third-order valence-electron chi connectivity index (χ3n) is 1.84. The molecule has 0 spiro atoms. The molecule has 13 heavy (non-hydrogen) atoms. The van der Waals surface area contributed by atoms with Gasteiger partial charge in [-0.2, -0.15) is 0 Å². The van der Waals surface area contributed by atoms with E-state index < -0.39 is 5.97 Å². The fourth-order valence-electron chi connectivity index (χ4n) is 1.15. The Morgan fingerprint density at radius 3 is 2.38 bits per heavy atom. The second kappa shape index (κ2) is 2.80. The summed E-state index contributed by atoms with van der Waals surface area (Å²) in [6, 6.07) is 0. The van der Waals surface area contributed by atoms with E-state index in [4.69, 9.17) is 15.3 Å². The molecular formula is C9H13NO3. The van der Waals surface area contributed by atoms with E-state index in [1.807, 2.05) is 20.8 Å². The first kappa shape index (κ1) is 9.64. The van der Waals surface area contributed by atoms with Gasteiger partial charge in [-0.25, -0.2) is 4.79 Å². The molecule has 0 radical (unpaired) electrons. The lowest BCUT2D eigenvalue weighted by Crippen LogP contribution is -2.15. The summed E-state index contributed by atoms with van der Waals surface area (Å²) >= 11 is 0. The molecule has 0 bridgehead atoms. The standard InChI is InChI=1S/C9H13NO3/c1-9(2,3)5-4-13-7(10)6(5)8(11)12/h4H,10H2,1-3H3,(H,11,12). The summed E-state index contributed by atoms with van der Waals surface area (Å²) in [5, 5.41) is 8.86. The van der Waals surface area contributed by atoms with Crippen LogP contribution in [0.4, 0.5) is 5.88 Å². The Balaban J connectivity index is 3.31. The molecule has 1 rings (SSSR count). The molecule has 0 atom stereocenters. The first-order valence-corrected chi connectivity index (χ1v) is 3.94. The molecule has 0 aromatic carbocycles. The van der Waals surface area contributed by atoms with Gasteiger partial charge in [-0.3, -0.25) is 0 Å². The predicted octanol–water partition coefficient (Wildman–Crippen LogP) is 1.86. The molecule has 4 heteroatoms. The van der Waals surface area contributed by atoms with E-state index in [-0.39, 0.29) is 16.9 Å². The molecule has 0 aliphatic carbocycles. The molecule has 4 nitrogen and oxygen atoms in total. The van der Waals surface area contributed by atoms with Gasteiger partial charge < -0.3 is 15.3 Å². The van der Waals surface area contributed by atoms with E-state index in [0.29, 0.717) is 5.56 Å². The van der Waals surface area contributed by atoms with Gasteiger partial charge in [0.25, 0.3) is 0 Å². The van der Waals surface area contributed by atoms with Crippen molar-refractivity contribution in [1.82, 2.24) is 0 Å². The molecule has 3 N–H and O–H groups in total. The van der Waals surface area contributed by atoms with Crippen LogP contribution in [-0.4, -0.2) is 11.1 Å². The van der Waals surface area contributed by atoms with Crippen molar-refractivity contribution in [2.75, 3.05) is 5.73 Å². The number of hydrogen-bond acceptors (Lipinski definition) is 3. The maximum Gasteiger partial charge on any atom is 0.341 e. The van der Waals surface area contributed by atoms with Crippen LogP contribution in [-0.2, 0) is 5.41 Å². The number of carbonyl (C=O) groups is 1. The van der Waals surface area contributed by atoms with Crippen LogP contribution in [0.25, 0.3) is 0 Å². The van der Waals surface area contributed by atoms with Gasteiger partial charge in [0, 0.05) is 5.56 Å². The molecule has 0 aliphatic heterocycles. The molecule has 72 valence electrons. The van der Waals surface area contributed by atoms with Crippen molar-refractivity contribution in [2.24, 2.45) is 0 Å². The minimum atomic E-state index is -1.05. The third kappa shape index (κ3) is 1.66. The lowest BCUT2D eigenvalue weighted by molar-refractivity contribution is 0.0695. The van der Waals surface area contributed by atoms with Crippen molar-refractivity contribution >= 4 is 11.9 Å². The highest BCUT2D eigenvalue weighted by Gasteiger charge is 2.26. The van der Waals surface area contributed by atoms with Crippen LogP contribution in [0.2, 0.25) is 0 Å². The average Bonchev–Trinajstić information content (AvgIpc) is 2.28.